The molecular weight excluding hydrogens is 918 g/mol. The van der Waals surface area contributed by atoms with Crippen molar-refractivity contribution in [2.24, 2.45) is 0 Å². The van der Waals surface area contributed by atoms with E-state index >= 15 is 0 Å². The van der Waals surface area contributed by atoms with Crippen LogP contribution in [0.25, 0.3) is 10.1 Å². The number of fused-ring (bicyclic) bond motifs is 10. The van der Waals surface area contributed by atoms with E-state index in [0.29, 0.717) is 0 Å². The van der Waals surface area contributed by atoms with Gasteiger partial charge in [-0.1, -0.05) is 152 Å². The van der Waals surface area contributed by atoms with Gasteiger partial charge in [0, 0.05) is 43.3 Å². The molecule has 0 N–H and O–H groups in total. The van der Waals surface area contributed by atoms with Crippen LogP contribution in [0, 0.1) is 0 Å². The average Bonchev–Trinajstić information content (AvgIpc) is 3.85. The molecule has 0 fully saturated rings. The van der Waals surface area contributed by atoms with Crippen LogP contribution in [0.3, 0.4) is 0 Å². The molecule has 0 saturated carbocycles. The number of hydrogen-bond donors (Lipinski definition) is 0. The third-order valence-corrected chi connectivity index (χ3v) is 19.5. The minimum atomic E-state index is -0.0275. The van der Waals surface area contributed by atoms with Crippen LogP contribution in [0.5, 0.6) is 11.5 Å². The van der Waals surface area contributed by atoms with Crippen LogP contribution in [-0.4, -0.2) is 6.71 Å². The fourth-order valence-corrected chi connectivity index (χ4v) is 14.8. The Morgan fingerprint density at radius 3 is 1.54 bits per heavy atom. The minimum absolute atomic E-state index is 0.00785. The van der Waals surface area contributed by atoms with E-state index in [1.807, 2.05) is 11.3 Å². The number of anilines is 9. The van der Waals surface area contributed by atoms with Crippen molar-refractivity contribution in [3.63, 3.8) is 0 Å². The fraction of sp³-hybridized carbons (Fsp3) is 0.353. The van der Waals surface area contributed by atoms with Gasteiger partial charge < -0.3 is 19.4 Å². The van der Waals surface area contributed by atoms with Gasteiger partial charge in [-0.05, 0) is 181 Å². The van der Waals surface area contributed by atoms with Crippen molar-refractivity contribution in [1.29, 1.82) is 0 Å². The smallest absolute Gasteiger partial charge is 0.264 e. The van der Waals surface area contributed by atoms with E-state index in [0.717, 1.165) is 47.8 Å². The van der Waals surface area contributed by atoms with Crippen LogP contribution in [0.1, 0.15) is 156 Å². The highest BCUT2D eigenvalue weighted by Gasteiger charge is 2.49. The zero-order valence-electron chi connectivity index (χ0n) is 46.3. The summed E-state index contributed by atoms with van der Waals surface area (Å²) in [4.78, 5) is 7.83. The lowest BCUT2D eigenvalue weighted by molar-refractivity contribution is 0.332. The van der Waals surface area contributed by atoms with Gasteiger partial charge >= 0.3 is 0 Å². The molecular formula is C68H72BN3OS. The van der Waals surface area contributed by atoms with Crippen molar-refractivity contribution in [3.8, 4) is 11.5 Å². The summed E-state index contributed by atoms with van der Waals surface area (Å²) in [5, 5.41) is 1.32. The predicted octanol–water partition coefficient (Wildman–Crippen LogP) is 17.9. The molecule has 3 aliphatic heterocycles. The first kappa shape index (κ1) is 47.5. The van der Waals surface area contributed by atoms with E-state index in [2.05, 4.69) is 245 Å². The Balaban J connectivity index is 1.20. The summed E-state index contributed by atoms with van der Waals surface area (Å²) in [6.45, 7) is 33.8. The first-order valence-corrected chi connectivity index (χ1v) is 28.2. The zero-order valence-corrected chi connectivity index (χ0v) is 47.1. The molecule has 1 aromatic heterocycles. The summed E-state index contributed by atoms with van der Waals surface area (Å²) in [5.41, 5.74) is 22.1. The molecule has 0 radical (unpaired) electrons. The quantitative estimate of drug-likeness (QED) is 0.164. The normalized spacial score (nSPS) is 18.4. The lowest BCUT2D eigenvalue weighted by atomic mass is 9.35. The summed E-state index contributed by atoms with van der Waals surface area (Å²) in [6.07, 6.45) is 4.64. The summed E-state index contributed by atoms with van der Waals surface area (Å²) < 4.78 is 9.47. The van der Waals surface area contributed by atoms with Crippen LogP contribution in [0.4, 0.5) is 51.2 Å². The van der Waals surface area contributed by atoms with Crippen LogP contribution < -0.4 is 35.1 Å². The zero-order chi connectivity index (χ0) is 51.8. The fourth-order valence-electron chi connectivity index (χ4n) is 13.5. The summed E-state index contributed by atoms with van der Waals surface area (Å²) >= 11 is 2.01. The second-order valence-corrected chi connectivity index (χ2v) is 28.3. The van der Waals surface area contributed by atoms with Gasteiger partial charge in [0.25, 0.3) is 6.71 Å². The maximum Gasteiger partial charge on any atom is 0.264 e. The van der Waals surface area contributed by atoms with Gasteiger partial charge in [0.1, 0.15) is 0 Å². The van der Waals surface area contributed by atoms with Gasteiger partial charge in [0.05, 0.1) is 22.7 Å². The van der Waals surface area contributed by atoms with E-state index in [1.165, 1.54) is 99.7 Å². The number of para-hydroxylation sites is 4. The van der Waals surface area contributed by atoms with Crippen molar-refractivity contribution in [2.75, 3.05) is 14.7 Å². The van der Waals surface area contributed by atoms with Crippen LogP contribution in [0.15, 0.2) is 133 Å². The molecule has 2 aliphatic carbocycles. The van der Waals surface area contributed by atoms with Gasteiger partial charge in [-0.3, -0.25) is 0 Å². The molecule has 0 amide bonds. The highest BCUT2D eigenvalue weighted by Crippen LogP contribution is 2.57. The van der Waals surface area contributed by atoms with Crippen LogP contribution >= 0.6 is 11.3 Å². The SMILES string of the molecule is CC(C)(C)c1ccc(N2c3cc(N4c5ccccc5Oc5ccccc54)cc4c3B(c3cc5c(cc3N4c3ccc4c(c3)C(C)(C)CCC4(C)C)C(C)(C)CCC5(C)C)c3sc4ccc(C(C)(C)C)cc4c32)cc1. The van der Waals surface area contributed by atoms with E-state index in [-0.39, 0.29) is 39.2 Å². The first-order chi connectivity index (χ1) is 34.9. The molecule has 0 saturated heterocycles. The molecule has 7 aromatic carbocycles. The minimum Gasteiger partial charge on any atom is -0.453 e. The van der Waals surface area contributed by atoms with Crippen molar-refractivity contribution in [1.82, 2.24) is 0 Å². The molecule has 8 aromatic rings. The molecule has 0 atom stereocenters. The molecule has 4 heterocycles. The van der Waals surface area contributed by atoms with Gasteiger partial charge in [0.15, 0.2) is 11.5 Å². The summed E-state index contributed by atoms with van der Waals surface area (Å²) in [7, 11) is 0. The molecule has 6 heteroatoms. The Morgan fingerprint density at radius 1 is 0.446 bits per heavy atom. The Hall–Kier alpha value is -6.24. The number of benzene rings is 7. The number of hydrogen-bond acceptors (Lipinski definition) is 5. The largest absolute Gasteiger partial charge is 0.453 e. The van der Waals surface area contributed by atoms with Crippen LogP contribution in [0.2, 0.25) is 0 Å². The molecule has 4 nitrogen and oxygen atoms in total. The van der Waals surface area contributed by atoms with Gasteiger partial charge in [-0.15, -0.1) is 11.3 Å². The number of ether oxygens (including phenoxy) is 1. The van der Waals surface area contributed by atoms with E-state index < -0.39 is 0 Å². The topological polar surface area (TPSA) is 19.0 Å². The molecule has 5 aliphatic rings. The number of thiophene rings is 1. The van der Waals surface area contributed by atoms with Crippen molar-refractivity contribution >= 4 is 95.0 Å². The lowest BCUT2D eigenvalue weighted by Gasteiger charge is -2.48. The molecule has 0 unspecified atom stereocenters. The highest BCUT2D eigenvalue weighted by molar-refractivity contribution is 7.33. The van der Waals surface area contributed by atoms with Gasteiger partial charge in [-0.25, -0.2) is 0 Å². The predicted molar refractivity (Wildman–Crippen MR) is 319 cm³/mol. The molecule has 13 rings (SSSR count). The third kappa shape index (κ3) is 7.05. The molecule has 74 heavy (non-hydrogen) atoms. The Kier molecular flexibility index (Phi) is 10.1. The third-order valence-electron chi connectivity index (χ3n) is 18.3. The second-order valence-electron chi connectivity index (χ2n) is 27.2. The lowest BCUT2D eigenvalue weighted by Crippen LogP contribution is -2.61. The van der Waals surface area contributed by atoms with Crippen molar-refractivity contribution in [3.05, 3.63) is 167 Å². The second kappa shape index (κ2) is 15.7. The number of nitrogens with zero attached hydrogens (tertiary/aromatic N) is 3. The summed E-state index contributed by atoms with van der Waals surface area (Å²) in [6, 6.07) is 52.0. The standard InChI is InChI=1S/C68H72BN3OS/c1-63(2,3)41-23-26-43(27-24-41)72-56-38-45(71-52-19-15-17-21-57(52)73-58-22-18-16-20-53(58)71)37-55-60(56)69(62-61(72)46-35-42(64(4,5)6)25-30-59(46)74-62)51-39-49-50(68(13,14)34-33-67(49,11)12)40-54(51)70(55)44-28-29-47-48(36-44)66(9,10)32-31-65(47,7)8/h15-30,35-40H,31-34H2,1-14H3. The summed E-state index contributed by atoms with van der Waals surface area (Å²) in [5.74, 6) is 1.70. The van der Waals surface area contributed by atoms with Crippen molar-refractivity contribution in [2.45, 2.75) is 155 Å². The molecule has 0 spiro atoms. The highest BCUT2D eigenvalue weighted by atomic mass is 32.1. The Morgan fingerprint density at radius 2 is 0.946 bits per heavy atom. The van der Waals surface area contributed by atoms with Crippen molar-refractivity contribution < 1.29 is 4.74 Å². The van der Waals surface area contributed by atoms with E-state index in [4.69, 9.17) is 4.74 Å². The van der Waals surface area contributed by atoms with E-state index in [9.17, 15) is 0 Å². The Bertz CT molecular complexity index is 3610. The van der Waals surface area contributed by atoms with Gasteiger partial charge in [-0.2, -0.15) is 0 Å². The monoisotopic (exact) mass is 990 g/mol. The maximum atomic E-state index is 6.73. The van der Waals surface area contributed by atoms with Gasteiger partial charge in [0.2, 0.25) is 0 Å². The Labute approximate surface area is 445 Å². The first-order valence-electron chi connectivity index (χ1n) is 27.4. The number of rotatable bonds is 3. The van der Waals surface area contributed by atoms with E-state index in [1.54, 1.807) is 0 Å². The average molecular weight is 990 g/mol. The maximum absolute atomic E-state index is 6.73. The molecule has 0 bridgehead atoms. The molecule has 374 valence electrons. The van der Waals surface area contributed by atoms with Crippen LogP contribution in [-0.2, 0) is 32.5 Å².